The van der Waals surface area contributed by atoms with E-state index in [-0.39, 0.29) is 12.0 Å². The fraction of sp³-hybridized carbons (Fsp3) is 0.625. The molecule has 0 unspecified atom stereocenters. The Hall–Kier alpha value is -0.870. The summed E-state index contributed by atoms with van der Waals surface area (Å²) in [5, 5.41) is 9.69. The van der Waals surface area contributed by atoms with Gasteiger partial charge in [0.2, 0.25) is 0 Å². The highest BCUT2D eigenvalue weighted by Crippen LogP contribution is 2.51. The fourth-order valence-electron chi connectivity index (χ4n) is 3.49. The molecule has 0 amide bonds. The van der Waals surface area contributed by atoms with E-state index in [9.17, 15) is 13.5 Å². The van der Waals surface area contributed by atoms with E-state index in [4.69, 9.17) is 0 Å². The third-order valence-electron chi connectivity index (χ3n) is 4.97. The Morgan fingerprint density at radius 1 is 1.25 bits per heavy atom. The van der Waals surface area contributed by atoms with Gasteiger partial charge in [0.1, 0.15) is 0 Å². The van der Waals surface area contributed by atoms with Crippen LogP contribution in [-0.4, -0.2) is 26.4 Å². The van der Waals surface area contributed by atoms with E-state index in [0.717, 1.165) is 25.7 Å². The topological polar surface area (TPSA) is 54.4 Å². The van der Waals surface area contributed by atoms with Gasteiger partial charge in [-0.2, -0.15) is 0 Å². The predicted octanol–water partition coefficient (Wildman–Crippen LogP) is 2.77. The molecule has 3 nitrogen and oxygen atoms in total. The summed E-state index contributed by atoms with van der Waals surface area (Å²) in [5.74, 6) is 0.468. The molecular formula is C16H22O3S. The lowest BCUT2D eigenvalue weighted by atomic mass is 9.85. The molecule has 0 spiro atoms. The summed E-state index contributed by atoms with van der Waals surface area (Å²) in [6.45, 7) is 0.172. The van der Waals surface area contributed by atoms with E-state index in [1.165, 1.54) is 30.2 Å². The quantitative estimate of drug-likeness (QED) is 0.929. The zero-order valence-electron chi connectivity index (χ0n) is 11.9. The van der Waals surface area contributed by atoms with Crippen LogP contribution in [0.1, 0.15) is 55.6 Å². The third kappa shape index (κ3) is 2.40. The Labute approximate surface area is 120 Å². The molecule has 20 heavy (non-hydrogen) atoms. The number of benzene rings is 1. The lowest BCUT2D eigenvalue weighted by molar-refractivity contribution is 0.254. The first-order valence-corrected chi connectivity index (χ1v) is 9.31. The average molecular weight is 294 g/mol. The second-order valence-corrected chi connectivity index (χ2v) is 8.46. The van der Waals surface area contributed by atoms with Gasteiger partial charge in [-0.1, -0.05) is 18.9 Å². The van der Waals surface area contributed by atoms with Gasteiger partial charge in [-0.25, -0.2) is 8.42 Å². The van der Waals surface area contributed by atoms with Gasteiger partial charge in [-0.05, 0) is 54.9 Å². The Balaban J connectivity index is 2.10. The van der Waals surface area contributed by atoms with Crippen molar-refractivity contribution in [2.45, 2.75) is 54.8 Å². The normalized spacial score (nSPS) is 22.1. The first-order chi connectivity index (χ1) is 9.46. The summed E-state index contributed by atoms with van der Waals surface area (Å²) in [6, 6.07) is 5.53. The van der Waals surface area contributed by atoms with Crippen molar-refractivity contribution in [3.05, 3.63) is 29.3 Å². The molecule has 0 saturated heterocycles. The highest BCUT2D eigenvalue weighted by molar-refractivity contribution is 7.90. The van der Waals surface area contributed by atoms with Gasteiger partial charge in [-0.15, -0.1) is 0 Å². The number of hydrogen-bond acceptors (Lipinski definition) is 3. The van der Waals surface area contributed by atoms with Gasteiger partial charge in [-0.3, -0.25) is 0 Å². The maximum atomic E-state index is 11.8. The van der Waals surface area contributed by atoms with Crippen LogP contribution in [-0.2, 0) is 15.3 Å². The summed E-state index contributed by atoms with van der Waals surface area (Å²) in [5.41, 5.74) is 2.28. The minimum absolute atomic E-state index is 0.0893. The number of sulfone groups is 1. The molecule has 0 bridgehead atoms. The Kier molecular flexibility index (Phi) is 3.41. The van der Waals surface area contributed by atoms with Crippen LogP contribution in [0.5, 0.6) is 0 Å². The van der Waals surface area contributed by atoms with Crippen molar-refractivity contribution in [1.29, 1.82) is 0 Å². The van der Waals surface area contributed by atoms with Crippen molar-refractivity contribution in [2.24, 2.45) is 0 Å². The molecule has 0 aromatic heterocycles. The average Bonchev–Trinajstić information content (AvgIpc) is 3.02. The second kappa shape index (κ2) is 4.85. The molecule has 1 aromatic carbocycles. The molecule has 2 aliphatic carbocycles. The molecule has 1 N–H and O–H groups in total. The van der Waals surface area contributed by atoms with Crippen molar-refractivity contribution in [1.82, 2.24) is 0 Å². The summed E-state index contributed by atoms with van der Waals surface area (Å²) < 4.78 is 23.6. The van der Waals surface area contributed by atoms with E-state index >= 15 is 0 Å². The van der Waals surface area contributed by atoms with Gasteiger partial charge in [0.05, 0.1) is 11.5 Å². The maximum Gasteiger partial charge on any atom is 0.175 e. The van der Waals surface area contributed by atoms with E-state index in [1.807, 2.05) is 12.1 Å². The van der Waals surface area contributed by atoms with Crippen LogP contribution in [0.4, 0.5) is 0 Å². The minimum atomic E-state index is -3.17. The monoisotopic (exact) mass is 294 g/mol. The van der Waals surface area contributed by atoms with Crippen molar-refractivity contribution < 1.29 is 13.5 Å². The standard InChI is InChI=1S/C16H22O3S/c1-20(18,19)13-6-7-15(16(11-17)8-9-16)14(10-13)12-4-2-3-5-12/h6-7,10,12,17H,2-5,8-9,11H2,1H3. The first-order valence-electron chi connectivity index (χ1n) is 7.42. The number of aliphatic hydroxyl groups excluding tert-OH is 1. The molecule has 2 fully saturated rings. The molecule has 0 radical (unpaired) electrons. The van der Waals surface area contributed by atoms with Gasteiger partial charge in [0.25, 0.3) is 0 Å². The molecule has 0 aliphatic heterocycles. The van der Waals surface area contributed by atoms with E-state index in [1.54, 1.807) is 6.07 Å². The third-order valence-corrected chi connectivity index (χ3v) is 6.08. The fourth-order valence-corrected chi connectivity index (χ4v) is 4.15. The van der Waals surface area contributed by atoms with Crippen LogP contribution < -0.4 is 0 Å². The Morgan fingerprint density at radius 3 is 2.40 bits per heavy atom. The SMILES string of the molecule is CS(=O)(=O)c1ccc(C2(CO)CC2)c(C2CCCC2)c1. The second-order valence-electron chi connectivity index (χ2n) is 6.44. The molecule has 2 saturated carbocycles. The van der Waals surface area contributed by atoms with Gasteiger partial charge >= 0.3 is 0 Å². The largest absolute Gasteiger partial charge is 0.395 e. The van der Waals surface area contributed by atoms with Gasteiger partial charge < -0.3 is 5.11 Å². The first kappa shape index (κ1) is 14.1. The molecule has 2 aliphatic rings. The van der Waals surface area contributed by atoms with Crippen molar-refractivity contribution in [2.75, 3.05) is 12.9 Å². The van der Waals surface area contributed by atoms with E-state index in [0.29, 0.717) is 10.8 Å². The summed E-state index contributed by atoms with van der Waals surface area (Å²) >= 11 is 0. The Morgan fingerprint density at radius 2 is 1.90 bits per heavy atom. The molecule has 110 valence electrons. The van der Waals surface area contributed by atoms with Crippen LogP contribution in [0.2, 0.25) is 0 Å². The highest BCUT2D eigenvalue weighted by Gasteiger charge is 2.45. The molecule has 0 heterocycles. The summed E-state index contributed by atoms with van der Waals surface area (Å²) in [6.07, 6.45) is 8.02. The van der Waals surface area contributed by atoms with Gasteiger partial charge in [0.15, 0.2) is 9.84 Å². The predicted molar refractivity (Wildman–Crippen MR) is 78.8 cm³/mol. The maximum absolute atomic E-state index is 11.8. The molecule has 4 heteroatoms. The lowest BCUT2D eigenvalue weighted by Gasteiger charge is -2.22. The van der Waals surface area contributed by atoms with Crippen molar-refractivity contribution >= 4 is 9.84 Å². The van der Waals surface area contributed by atoms with Crippen molar-refractivity contribution in [3.8, 4) is 0 Å². The summed E-state index contributed by atoms with van der Waals surface area (Å²) in [4.78, 5) is 0.414. The molecule has 3 rings (SSSR count). The van der Waals surface area contributed by atoms with E-state index < -0.39 is 9.84 Å². The smallest absolute Gasteiger partial charge is 0.175 e. The summed E-state index contributed by atoms with van der Waals surface area (Å²) in [7, 11) is -3.17. The van der Waals surface area contributed by atoms with Crippen LogP contribution in [0, 0.1) is 0 Å². The molecule has 0 atom stereocenters. The molecular weight excluding hydrogens is 272 g/mol. The zero-order chi connectivity index (χ0) is 14.4. The van der Waals surface area contributed by atoms with Crippen LogP contribution in [0.3, 0.4) is 0 Å². The van der Waals surface area contributed by atoms with Crippen LogP contribution in [0.25, 0.3) is 0 Å². The lowest BCUT2D eigenvalue weighted by Crippen LogP contribution is -2.16. The number of hydrogen-bond donors (Lipinski definition) is 1. The number of rotatable bonds is 4. The van der Waals surface area contributed by atoms with Gasteiger partial charge in [0, 0.05) is 11.7 Å². The van der Waals surface area contributed by atoms with Crippen LogP contribution in [0.15, 0.2) is 23.1 Å². The van der Waals surface area contributed by atoms with E-state index in [2.05, 4.69) is 0 Å². The number of aliphatic hydroxyl groups is 1. The zero-order valence-corrected chi connectivity index (χ0v) is 12.7. The van der Waals surface area contributed by atoms with Crippen molar-refractivity contribution in [3.63, 3.8) is 0 Å². The highest BCUT2D eigenvalue weighted by atomic mass is 32.2. The Bertz CT molecular complexity index is 609. The molecule has 1 aromatic rings. The van der Waals surface area contributed by atoms with Crippen LogP contribution >= 0.6 is 0 Å². The minimum Gasteiger partial charge on any atom is -0.395 e.